The molecule has 0 radical (unpaired) electrons. The Morgan fingerprint density at radius 3 is 2.86 bits per heavy atom. The molecule has 3 nitrogen and oxygen atoms in total. The van der Waals surface area contributed by atoms with E-state index in [1.165, 1.54) is 19.3 Å². The van der Waals surface area contributed by atoms with Crippen molar-refractivity contribution in [3.05, 3.63) is 18.2 Å². The Kier molecular flexibility index (Phi) is 5.30. The third-order valence-corrected chi connectivity index (χ3v) is 2.41. The first-order valence-electron chi connectivity index (χ1n) is 5.53. The highest BCUT2D eigenvalue weighted by Crippen LogP contribution is 1.94. The van der Waals surface area contributed by atoms with Crippen molar-refractivity contribution in [2.45, 2.75) is 39.7 Å². The Labute approximate surface area is 86.5 Å². The minimum Gasteiger partial charge on any atom is -0.334 e. The van der Waals surface area contributed by atoms with Gasteiger partial charge in [-0.2, -0.15) is 0 Å². The number of hydrogen-bond acceptors (Lipinski definition) is 2. The second-order valence-corrected chi connectivity index (χ2v) is 3.62. The normalized spacial score (nSPS) is 10.7. The van der Waals surface area contributed by atoms with E-state index in [-0.39, 0.29) is 0 Å². The number of imidazole rings is 1. The van der Waals surface area contributed by atoms with E-state index in [9.17, 15) is 0 Å². The highest BCUT2D eigenvalue weighted by atomic mass is 15.1. The number of rotatable bonds is 7. The molecule has 0 amide bonds. The van der Waals surface area contributed by atoms with Crippen molar-refractivity contribution in [2.24, 2.45) is 0 Å². The Hall–Kier alpha value is -0.830. The average Bonchev–Trinajstić information content (AvgIpc) is 2.58. The standard InChI is InChI=1S/C11H21N3/c1-3-4-5-6-12-7-9-14-10-8-13-11(14)2/h8,10,12H,3-7,9H2,1-2H3. The van der Waals surface area contributed by atoms with Crippen LogP contribution in [0.1, 0.15) is 32.0 Å². The number of nitrogens with zero attached hydrogens (tertiary/aromatic N) is 2. The first-order chi connectivity index (χ1) is 6.84. The molecule has 0 aliphatic heterocycles. The summed E-state index contributed by atoms with van der Waals surface area (Å²) in [6.07, 6.45) is 7.80. The van der Waals surface area contributed by atoms with Crippen molar-refractivity contribution in [3.63, 3.8) is 0 Å². The maximum absolute atomic E-state index is 4.18. The zero-order valence-electron chi connectivity index (χ0n) is 9.29. The van der Waals surface area contributed by atoms with E-state index in [1.807, 2.05) is 19.3 Å². The summed E-state index contributed by atoms with van der Waals surface area (Å²) in [7, 11) is 0. The van der Waals surface area contributed by atoms with Crippen LogP contribution in [0, 0.1) is 6.92 Å². The maximum atomic E-state index is 4.18. The largest absolute Gasteiger partial charge is 0.334 e. The summed E-state index contributed by atoms with van der Waals surface area (Å²) in [6, 6.07) is 0. The Balaban J connectivity index is 2.02. The number of nitrogens with one attached hydrogen (secondary N) is 1. The highest BCUT2D eigenvalue weighted by Gasteiger charge is 1.94. The molecule has 3 heteroatoms. The quantitative estimate of drug-likeness (QED) is 0.674. The van der Waals surface area contributed by atoms with Gasteiger partial charge in [0.2, 0.25) is 0 Å². The van der Waals surface area contributed by atoms with E-state index in [0.717, 1.165) is 25.5 Å². The fourth-order valence-corrected chi connectivity index (χ4v) is 1.46. The number of aryl methyl sites for hydroxylation is 1. The van der Waals surface area contributed by atoms with E-state index in [4.69, 9.17) is 0 Å². The average molecular weight is 195 g/mol. The molecule has 0 aliphatic carbocycles. The Bertz CT molecular complexity index is 242. The van der Waals surface area contributed by atoms with Crippen molar-refractivity contribution < 1.29 is 0 Å². The molecule has 1 heterocycles. The van der Waals surface area contributed by atoms with Gasteiger partial charge in [0.15, 0.2) is 0 Å². The maximum Gasteiger partial charge on any atom is 0.105 e. The monoisotopic (exact) mass is 195 g/mol. The number of unbranched alkanes of at least 4 members (excludes halogenated alkanes) is 2. The SMILES string of the molecule is CCCCCNCCn1ccnc1C. The molecule has 0 aliphatic rings. The summed E-state index contributed by atoms with van der Waals surface area (Å²) in [5.74, 6) is 1.10. The molecule has 0 saturated heterocycles. The number of hydrogen-bond donors (Lipinski definition) is 1. The lowest BCUT2D eigenvalue weighted by Crippen LogP contribution is -2.21. The molecule has 0 unspecified atom stereocenters. The zero-order chi connectivity index (χ0) is 10.2. The van der Waals surface area contributed by atoms with Gasteiger partial charge in [-0.1, -0.05) is 19.8 Å². The fourth-order valence-electron chi connectivity index (χ4n) is 1.46. The second-order valence-electron chi connectivity index (χ2n) is 3.62. The molecular formula is C11H21N3. The Morgan fingerprint density at radius 1 is 1.36 bits per heavy atom. The molecule has 0 saturated carbocycles. The van der Waals surface area contributed by atoms with Crippen LogP contribution in [0.3, 0.4) is 0 Å². The van der Waals surface area contributed by atoms with Crippen molar-refractivity contribution in [1.82, 2.24) is 14.9 Å². The predicted octanol–water partition coefficient (Wildman–Crippen LogP) is 1.97. The van der Waals surface area contributed by atoms with Gasteiger partial charge in [0.25, 0.3) is 0 Å². The summed E-state index contributed by atoms with van der Waals surface area (Å²) in [5.41, 5.74) is 0. The van der Waals surface area contributed by atoms with Crippen LogP contribution < -0.4 is 5.32 Å². The molecule has 0 fully saturated rings. The molecule has 1 aromatic heterocycles. The van der Waals surface area contributed by atoms with Crippen LogP contribution >= 0.6 is 0 Å². The van der Waals surface area contributed by atoms with Crippen molar-refractivity contribution in [3.8, 4) is 0 Å². The summed E-state index contributed by atoms with van der Waals surface area (Å²) >= 11 is 0. The fraction of sp³-hybridized carbons (Fsp3) is 0.727. The predicted molar refractivity (Wildman–Crippen MR) is 59.4 cm³/mol. The second kappa shape index (κ2) is 6.60. The van der Waals surface area contributed by atoms with Gasteiger partial charge >= 0.3 is 0 Å². The Morgan fingerprint density at radius 2 is 2.21 bits per heavy atom. The zero-order valence-corrected chi connectivity index (χ0v) is 9.29. The van der Waals surface area contributed by atoms with Gasteiger partial charge in [0.05, 0.1) is 0 Å². The summed E-state index contributed by atoms with van der Waals surface area (Å²) in [4.78, 5) is 4.18. The molecule has 1 N–H and O–H groups in total. The summed E-state index contributed by atoms with van der Waals surface area (Å²) < 4.78 is 2.17. The van der Waals surface area contributed by atoms with E-state index in [1.54, 1.807) is 0 Å². The van der Waals surface area contributed by atoms with Crippen molar-refractivity contribution in [1.29, 1.82) is 0 Å². The minimum atomic E-state index is 1.03. The van der Waals surface area contributed by atoms with Gasteiger partial charge in [0.1, 0.15) is 5.82 Å². The van der Waals surface area contributed by atoms with Gasteiger partial charge in [-0.25, -0.2) is 4.98 Å². The van der Waals surface area contributed by atoms with Crippen LogP contribution in [0.25, 0.3) is 0 Å². The van der Waals surface area contributed by atoms with Crippen molar-refractivity contribution in [2.75, 3.05) is 13.1 Å². The lowest BCUT2D eigenvalue weighted by molar-refractivity contribution is 0.563. The molecule has 1 aromatic rings. The molecule has 0 spiro atoms. The van der Waals surface area contributed by atoms with E-state index >= 15 is 0 Å². The van der Waals surface area contributed by atoms with Crippen LogP contribution in [-0.2, 0) is 6.54 Å². The smallest absolute Gasteiger partial charge is 0.105 e. The van der Waals surface area contributed by atoms with E-state index < -0.39 is 0 Å². The summed E-state index contributed by atoms with van der Waals surface area (Å²) in [5, 5.41) is 3.44. The minimum absolute atomic E-state index is 1.03. The molecular weight excluding hydrogens is 174 g/mol. The molecule has 80 valence electrons. The highest BCUT2D eigenvalue weighted by molar-refractivity contribution is 4.88. The van der Waals surface area contributed by atoms with Gasteiger partial charge in [-0.05, 0) is 19.9 Å². The van der Waals surface area contributed by atoms with Crippen LogP contribution in [-0.4, -0.2) is 22.6 Å². The van der Waals surface area contributed by atoms with Gasteiger partial charge < -0.3 is 9.88 Å². The lowest BCUT2D eigenvalue weighted by Gasteiger charge is -2.06. The van der Waals surface area contributed by atoms with E-state index in [0.29, 0.717) is 0 Å². The lowest BCUT2D eigenvalue weighted by atomic mass is 10.2. The van der Waals surface area contributed by atoms with E-state index in [2.05, 4.69) is 21.8 Å². The third kappa shape index (κ3) is 3.92. The first-order valence-corrected chi connectivity index (χ1v) is 5.53. The molecule has 14 heavy (non-hydrogen) atoms. The van der Waals surface area contributed by atoms with Gasteiger partial charge in [0, 0.05) is 25.5 Å². The molecule has 0 bridgehead atoms. The van der Waals surface area contributed by atoms with Crippen LogP contribution in [0.15, 0.2) is 12.4 Å². The van der Waals surface area contributed by atoms with Crippen LogP contribution in [0.2, 0.25) is 0 Å². The molecule has 0 aromatic carbocycles. The van der Waals surface area contributed by atoms with Gasteiger partial charge in [-0.15, -0.1) is 0 Å². The summed E-state index contributed by atoms with van der Waals surface area (Å²) in [6.45, 7) is 7.48. The number of aromatic nitrogens is 2. The molecule has 0 atom stereocenters. The third-order valence-electron chi connectivity index (χ3n) is 2.41. The molecule has 1 rings (SSSR count). The van der Waals surface area contributed by atoms with Crippen LogP contribution in [0.5, 0.6) is 0 Å². The first kappa shape index (κ1) is 11.2. The van der Waals surface area contributed by atoms with Crippen molar-refractivity contribution >= 4 is 0 Å². The van der Waals surface area contributed by atoms with Gasteiger partial charge in [-0.3, -0.25) is 0 Å². The van der Waals surface area contributed by atoms with Crippen LogP contribution in [0.4, 0.5) is 0 Å². The topological polar surface area (TPSA) is 29.9 Å².